The van der Waals surface area contributed by atoms with Crippen molar-refractivity contribution >= 4 is 52.9 Å². The molecule has 3 aliphatic rings. The monoisotopic (exact) mass is 465 g/mol. The van der Waals surface area contributed by atoms with Gasteiger partial charge < -0.3 is 15.5 Å². The summed E-state index contributed by atoms with van der Waals surface area (Å²) in [6.07, 6.45) is 9.32. The lowest BCUT2D eigenvalue weighted by Crippen LogP contribution is -2.33. The van der Waals surface area contributed by atoms with Gasteiger partial charge in [0.25, 0.3) is 5.91 Å². The summed E-state index contributed by atoms with van der Waals surface area (Å²) < 4.78 is 0. The fourth-order valence-electron chi connectivity index (χ4n) is 4.33. The first-order valence-electron chi connectivity index (χ1n) is 10.9. The Balaban J connectivity index is 1.42. The summed E-state index contributed by atoms with van der Waals surface area (Å²) in [4.78, 5) is 27.9. The molecule has 1 saturated heterocycles. The van der Waals surface area contributed by atoms with Gasteiger partial charge in [-0.15, -0.1) is 23.1 Å². The molecule has 5 rings (SSSR count). The molecular formula is C24H27N5OS2. The van der Waals surface area contributed by atoms with E-state index in [1.54, 1.807) is 23.1 Å². The molecule has 1 fully saturated rings. The number of rotatable bonds is 3. The number of hydrogen-bond donors (Lipinski definition) is 2. The maximum atomic E-state index is 13.2. The molecule has 166 valence electrons. The minimum absolute atomic E-state index is 0.102. The van der Waals surface area contributed by atoms with E-state index < -0.39 is 0 Å². The van der Waals surface area contributed by atoms with Gasteiger partial charge in [-0.25, -0.2) is 9.98 Å². The third kappa shape index (κ3) is 4.14. The number of benzene rings is 1. The van der Waals surface area contributed by atoms with Crippen molar-refractivity contribution in [2.45, 2.75) is 24.3 Å². The van der Waals surface area contributed by atoms with Crippen LogP contribution in [0.15, 0.2) is 51.3 Å². The predicted octanol–water partition coefficient (Wildman–Crippen LogP) is 4.53. The van der Waals surface area contributed by atoms with Gasteiger partial charge in [0.2, 0.25) is 5.96 Å². The number of aliphatic imine (C=N–C) groups is 2. The second-order valence-corrected chi connectivity index (χ2v) is 10.5. The molecule has 2 aromatic rings. The number of anilines is 1. The fraction of sp³-hybridized carbons (Fsp3) is 0.375. The maximum absolute atomic E-state index is 13.2. The van der Waals surface area contributed by atoms with Crippen molar-refractivity contribution in [2.24, 2.45) is 15.4 Å². The van der Waals surface area contributed by atoms with E-state index in [-0.39, 0.29) is 17.4 Å². The third-order valence-electron chi connectivity index (χ3n) is 6.15. The molecule has 0 spiro atoms. The molecule has 6 nitrogen and oxygen atoms in total. The quantitative estimate of drug-likeness (QED) is 0.654. The Morgan fingerprint density at radius 1 is 1.31 bits per heavy atom. The van der Waals surface area contributed by atoms with Crippen LogP contribution in [0.5, 0.6) is 0 Å². The van der Waals surface area contributed by atoms with Gasteiger partial charge in [-0.1, -0.05) is 12.1 Å². The Morgan fingerprint density at radius 2 is 2.22 bits per heavy atom. The van der Waals surface area contributed by atoms with Crippen molar-refractivity contribution in [3.05, 3.63) is 51.7 Å². The van der Waals surface area contributed by atoms with E-state index in [0.717, 1.165) is 53.6 Å². The Bertz CT molecular complexity index is 1110. The van der Waals surface area contributed by atoms with Crippen LogP contribution in [-0.4, -0.2) is 55.4 Å². The lowest BCUT2D eigenvalue weighted by molar-refractivity contribution is 0.0771. The lowest BCUT2D eigenvalue weighted by Gasteiger charge is -2.34. The minimum atomic E-state index is -0.298. The number of nitrogens with one attached hydrogen (secondary N) is 2. The van der Waals surface area contributed by atoms with Gasteiger partial charge in [0, 0.05) is 46.7 Å². The molecule has 0 radical (unpaired) electrons. The first-order valence-corrected chi connectivity index (χ1v) is 13.0. The van der Waals surface area contributed by atoms with Crippen molar-refractivity contribution in [1.82, 2.24) is 10.2 Å². The Labute approximate surface area is 196 Å². The van der Waals surface area contributed by atoms with Crippen LogP contribution in [-0.2, 0) is 0 Å². The number of nitrogens with zero attached hydrogens (tertiary/aromatic N) is 3. The number of guanidine groups is 1. The van der Waals surface area contributed by atoms with Gasteiger partial charge in [0.15, 0.2) is 0 Å². The number of thioether (sulfide) groups is 1. The molecule has 3 heterocycles. The average Bonchev–Trinajstić information content (AvgIpc) is 3.06. The van der Waals surface area contributed by atoms with E-state index in [1.165, 1.54) is 4.90 Å². The van der Waals surface area contributed by atoms with Crippen LogP contribution in [0.25, 0.3) is 6.08 Å². The van der Waals surface area contributed by atoms with Crippen LogP contribution in [0.4, 0.5) is 5.69 Å². The van der Waals surface area contributed by atoms with Gasteiger partial charge in [0.05, 0.1) is 10.9 Å². The number of carbonyl (C=O) groups excluding carboxylic acids is 1. The number of carbonyl (C=O) groups is 1. The van der Waals surface area contributed by atoms with Gasteiger partial charge in [-0.3, -0.25) is 4.79 Å². The maximum Gasteiger partial charge on any atom is 0.263 e. The van der Waals surface area contributed by atoms with Crippen LogP contribution in [0.1, 0.15) is 39.5 Å². The predicted molar refractivity (Wildman–Crippen MR) is 135 cm³/mol. The third-order valence-corrected chi connectivity index (χ3v) is 7.98. The lowest BCUT2D eigenvalue weighted by atomic mass is 9.76. The van der Waals surface area contributed by atoms with E-state index in [0.29, 0.717) is 5.96 Å². The summed E-state index contributed by atoms with van der Waals surface area (Å²) in [7, 11) is 0. The number of thiophene rings is 1. The number of hydrogen-bond acceptors (Lipinski definition) is 7. The molecule has 1 aromatic carbocycles. The normalized spacial score (nSPS) is 24.4. The molecule has 2 N–H and O–H groups in total. The van der Waals surface area contributed by atoms with Crippen LogP contribution < -0.4 is 10.6 Å². The highest BCUT2D eigenvalue weighted by atomic mass is 32.2. The summed E-state index contributed by atoms with van der Waals surface area (Å²) in [5, 5.41) is 6.73. The van der Waals surface area contributed by atoms with E-state index in [1.807, 2.05) is 23.2 Å². The Morgan fingerprint density at radius 3 is 3.09 bits per heavy atom. The molecule has 1 aliphatic carbocycles. The summed E-state index contributed by atoms with van der Waals surface area (Å²) >= 11 is 3.28. The Hall–Kier alpha value is -2.42. The van der Waals surface area contributed by atoms with Crippen molar-refractivity contribution < 1.29 is 4.79 Å². The van der Waals surface area contributed by atoms with Crippen molar-refractivity contribution in [3.63, 3.8) is 0 Å². The standard InChI is InChI=1S/C24H27N5OS2/c1-24-8-7-19-18(14-20(32-19)22(30)29-11-4-9-25-10-12-29)21(24)28-23(26-15-24)27-16-5-3-6-17(13-16)31-2/h3,5-8,13-15,21,25H,4,9-12H2,1-2H3,(H,27,28)/t21-,24?/m1/s1. The Kier molecular flexibility index (Phi) is 5.92. The molecule has 8 heteroatoms. The zero-order valence-electron chi connectivity index (χ0n) is 18.3. The van der Waals surface area contributed by atoms with Crippen LogP contribution in [0, 0.1) is 5.41 Å². The molecule has 1 aromatic heterocycles. The summed E-state index contributed by atoms with van der Waals surface area (Å²) in [5.41, 5.74) is 1.78. The topological polar surface area (TPSA) is 69.1 Å². The minimum Gasteiger partial charge on any atom is -0.337 e. The highest BCUT2D eigenvalue weighted by Gasteiger charge is 2.39. The number of fused-ring (bicyclic) bond motifs is 3. The zero-order valence-corrected chi connectivity index (χ0v) is 19.9. The molecule has 2 aliphatic heterocycles. The van der Waals surface area contributed by atoms with Crippen molar-refractivity contribution in [3.8, 4) is 0 Å². The molecule has 2 atom stereocenters. The highest BCUT2D eigenvalue weighted by Crippen LogP contribution is 2.47. The molecular weight excluding hydrogens is 438 g/mol. The van der Waals surface area contributed by atoms with Crippen LogP contribution >= 0.6 is 23.1 Å². The SMILES string of the molecule is CSc1cccc(NC2=N[C@@H]3c4cc(C(=O)N5CCCNCC5)sc4C=CC3(C)C=N2)c1. The van der Waals surface area contributed by atoms with Crippen molar-refractivity contribution in [2.75, 3.05) is 37.8 Å². The average molecular weight is 466 g/mol. The summed E-state index contributed by atoms with van der Waals surface area (Å²) in [5.74, 6) is 0.730. The first kappa shape index (κ1) is 21.4. The van der Waals surface area contributed by atoms with E-state index in [2.05, 4.69) is 59.2 Å². The van der Waals surface area contributed by atoms with Gasteiger partial charge in [-0.05, 0) is 62.1 Å². The molecule has 0 bridgehead atoms. The van der Waals surface area contributed by atoms with E-state index in [4.69, 9.17) is 4.99 Å². The fourth-order valence-corrected chi connectivity index (χ4v) is 5.85. The van der Waals surface area contributed by atoms with Gasteiger partial charge in [-0.2, -0.15) is 0 Å². The first-order chi connectivity index (χ1) is 15.6. The van der Waals surface area contributed by atoms with Crippen LogP contribution in [0.3, 0.4) is 0 Å². The molecule has 1 amide bonds. The second kappa shape index (κ2) is 8.84. The molecule has 1 unspecified atom stereocenters. The van der Waals surface area contributed by atoms with Crippen molar-refractivity contribution in [1.29, 1.82) is 0 Å². The summed E-state index contributed by atoms with van der Waals surface area (Å²) in [6.45, 7) is 5.53. The zero-order chi connectivity index (χ0) is 22.1. The largest absolute Gasteiger partial charge is 0.337 e. The summed E-state index contributed by atoms with van der Waals surface area (Å²) in [6, 6.07) is 10.2. The smallest absolute Gasteiger partial charge is 0.263 e. The highest BCUT2D eigenvalue weighted by molar-refractivity contribution is 7.98. The molecule has 32 heavy (non-hydrogen) atoms. The molecule has 0 saturated carbocycles. The van der Waals surface area contributed by atoms with Crippen LogP contribution in [0.2, 0.25) is 0 Å². The van der Waals surface area contributed by atoms with E-state index in [9.17, 15) is 4.79 Å². The van der Waals surface area contributed by atoms with Gasteiger partial charge in [0.1, 0.15) is 0 Å². The number of amides is 1. The van der Waals surface area contributed by atoms with E-state index >= 15 is 0 Å². The van der Waals surface area contributed by atoms with Gasteiger partial charge >= 0.3 is 0 Å². The second-order valence-electron chi connectivity index (χ2n) is 8.50.